The summed E-state index contributed by atoms with van der Waals surface area (Å²) < 4.78 is 4.86. The predicted molar refractivity (Wildman–Crippen MR) is 38.7 cm³/mol. The van der Waals surface area contributed by atoms with E-state index in [1.165, 1.54) is 0 Å². The van der Waals surface area contributed by atoms with Crippen molar-refractivity contribution in [2.75, 3.05) is 7.11 Å². The molecule has 0 spiro atoms. The summed E-state index contributed by atoms with van der Waals surface area (Å²) in [5.74, 6) is 0.435. The van der Waals surface area contributed by atoms with Crippen LogP contribution in [-0.2, 0) is 18.0 Å². The van der Waals surface area contributed by atoms with E-state index in [0.29, 0.717) is 12.4 Å². The Kier molecular flexibility index (Phi) is 2.95. The lowest BCUT2D eigenvalue weighted by molar-refractivity contribution is 0.184. The van der Waals surface area contributed by atoms with E-state index in [-0.39, 0.29) is 6.61 Å². The van der Waals surface area contributed by atoms with E-state index in [4.69, 9.17) is 9.84 Å². The van der Waals surface area contributed by atoms with Crippen molar-refractivity contribution in [1.82, 2.24) is 9.97 Å². The van der Waals surface area contributed by atoms with Gasteiger partial charge in [0.1, 0.15) is 6.61 Å². The molecule has 0 aromatic carbocycles. The molecule has 4 heteroatoms. The number of nitrogens with zero attached hydrogens (tertiary/aromatic N) is 2. The average molecular weight is 154 g/mol. The molecule has 0 saturated heterocycles. The van der Waals surface area contributed by atoms with Crippen LogP contribution in [0.3, 0.4) is 0 Å². The zero-order valence-corrected chi connectivity index (χ0v) is 6.32. The summed E-state index contributed by atoms with van der Waals surface area (Å²) in [6.45, 7) is 0.388. The first-order valence-electron chi connectivity index (χ1n) is 3.26. The van der Waals surface area contributed by atoms with Gasteiger partial charge in [-0.3, -0.25) is 0 Å². The molecule has 0 bridgehead atoms. The molecule has 1 heterocycles. The normalized spacial score (nSPS) is 10.0. The maximum atomic E-state index is 8.60. The van der Waals surface area contributed by atoms with Crippen LogP contribution in [0.15, 0.2) is 12.4 Å². The van der Waals surface area contributed by atoms with Gasteiger partial charge in [-0.2, -0.15) is 0 Å². The van der Waals surface area contributed by atoms with E-state index < -0.39 is 0 Å². The maximum absolute atomic E-state index is 8.60. The van der Waals surface area contributed by atoms with Crippen LogP contribution in [0, 0.1) is 0 Å². The number of rotatable bonds is 3. The number of aromatic nitrogens is 2. The van der Waals surface area contributed by atoms with Gasteiger partial charge in [0.2, 0.25) is 0 Å². The summed E-state index contributed by atoms with van der Waals surface area (Å²) in [5.41, 5.74) is 0.907. The quantitative estimate of drug-likeness (QED) is 0.671. The standard InChI is InChI=1S/C7H10N2O2/c1-11-5-6-2-8-7(4-10)9-3-6/h2-3,10H,4-5H2,1H3. The lowest BCUT2D eigenvalue weighted by atomic mass is 10.4. The minimum Gasteiger partial charge on any atom is -0.388 e. The van der Waals surface area contributed by atoms with Crippen molar-refractivity contribution in [3.8, 4) is 0 Å². The highest BCUT2D eigenvalue weighted by molar-refractivity contribution is 5.03. The Hall–Kier alpha value is -1.00. The second kappa shape index (κ2) is 4.00. The van der Waals surface area contributed by atoms with Gasteiger partial charge in [0, 0.05) is 25.1 Å². The van der Waals surface area contributed by atoms with Crippen molar-refractivity contribution in [3.63, 3.8) is 0 Å². The van der Waals surface area contributed by atoms with Crippen LogP contribution in [0.5, 0.6) is 0 Å². The van der Waals surface area contributed by atoms with Gasteiger partial charge in [0.25, 0.3) is 0 Å². The fourth-order valence-electron chi connectivity index (χ4n) is 0.704. The van der Waals surface area contributed by atoms with Crippen molar-refractivity contribution >= 4 is 0 Å². The molecular formula is C7H10N2O2. The van der Waals surface area contributed by atoms with Gasteiger partial charge in [0.15, 0.2) is 5.82 Å². The van der Waals surface area contributed by atoms with Gasteiger partial charge in [-0.05, 0) is 0 Å². The van der Waals surface area contributed by atoms with Crippen LogP contribution in [0.1, 0.15) is 11.4 Å². The number of hydrogen-bond donors (Lipinski definition) is 1. The number of hydrogen-bond acceptors (Lipinski definition) is 4. The van der Waals surface area contributed by atoms with Gasteiger partial charge in [-0.1, -0.05) is 0 Å². The molecule has 0 fully saturated rings. The summed E-state index contributed by atoms with van der Waals surface area (Å²) in [4.78, 5) is 7.75. The second-order valence-electron chi connectivity index (χ2n) is 2.10. The predicted octanol–water partition coefficient (Wildman–Crippen LogP) is 0.115. The summed E-state index contributed by atoms with van der Waals surface area (Å²) in [5, 5.41) is 8.60. The lowest BCUT2D eigenvalue weighted by Crippen LogP contribution is -1.96. The van der Waals surface area contributed by atoms with Crippen molar-refractivity contribution < 1.29 is 9.84 Å². The SMILES string of the molecule is COCc1cnc(CO)nc1. The fraction of sp³-hybridized carbons (Fsp3) is 0.429. The van der Waals surface area contributed by atoms with Gasteiger partial charge in [-0.15, -0.1) is 0 Å². The molecule has 1 aromatic rings. The third-order valence-electron chi connectivity index (χ3n) is 1.21. The molecule has 11 heavy (non-hydrogen) atoms. The molecule has 0 amide bonds. The van der Waals surface area contributed by atoms with E-state index in [1.807, 2.05) is 0 Å². The second-order valence-corrected chi connectivity index (χ2v) is 2.10. The molecule has 0 atom stereocenters. The first-order valence-corrected chi connectivity index (χ1v) is 3.26. The van der Waals surface area contributed by atoms with Crippen LogP contribution in [-0.4, -0.2) is 22.2 Å². The monoisotopic (exact) mass is 154 g/mol. The van der Waals surface area contributed by atoms with Crippen LogP contribution < -0.4 is 0 Å². The number of ether oxygens (including phenoxy) is 1. The Morgan fingerprint density at radius 1 is 1.45 bits per heavy atom. The Bertz CT molecular complexity index is 210. The summed E-state index contributed by atoms with van der Waals surface area (Å²) >= 11 is 0. The highest BCUT2D eigenvalue weighted by Crippen LogP contribution is 1.96. The Morgan fingerprint density at radius 2 is 2.09 bits per heavy atom. The summed E-state index contributed by atoms with van der Waals surface area (Å²) in [6.07, 6.45) is 3.28. The molecule has 0 aliphatic carbocycles. The van der Waals surface area contributed by atoms with Crippen LogP contribution in [0.4, 0.5) is 0 Å². The Balaban J connectivity index is 2.66. The Labute approximate surface area is 64.9 Å². The molecule has 0 aliphatic heterocycles. The molecular weight excluding hydrogens is 144 g/mol. The zero-order chi connectivity index (χ0) is 8.10. The first kappa shape index (κ1) is 8.10. The summed E-state index contributed by atoms with van der Waals surface area (Å²) in [7, 11) is 1.61. The highest BCUT2D eigenvalue weighted by Gasteiger charge is 1.94. The van der Waals surface area contributed by atoms with Crippen LogP contribution >= 0.6 is 0 Å². The molecule has 0 aliphatic rings. The molecule has 4 nitrogen and oxygen atoms in total. The fourth-order valence-corrected chi connectivity index (χ4v) is 0.704. The molecule has 0 saturated carbocycles. The van der Waals surface area contributed by atoms with Gasteiger partial charge in [0.05, 0.1) is 6.61 Å². The largest absolute Gasteiger partial charge is 0.388 e. The van der Waals surface area contributed by atoms with E-state index in [0.717, 1.165) is 5.56 Å². The van der Waals surface area contributed by atoms with Gasteiger partial charge < -0.3 is 9.84 Å². The van der Waals surface area contributed by atoms with E-state index in [1.54, 1.807) is 19.5 Å². The topological polar surface area (TPSA) is 55.2 Å². The summed E-state index contributed by atoms with van der Waals surface area (Å²) in [6, 6.07) is 0. The lowest BCUT2D eigenvalue weighted by Gasteiger charge is -1.98. The van der Waals surface area contributed by atoms with E-state index in [9.17, 15) is 0 Å². The van der Waals surface area contributed by atoms with Crippen molar-refractivity contribution in [2.24, 2.45) is 0 Å². The molecule has 1 rings (SSSR count). The van der Waals surface area contributed by atoms with Crippen LogP contribution in [0.25, 0.3) is 0 Å². The average Bonchev–Trinajstić information content (AvgIpc) is 2.07. The minimum atomic E-state index is -0.118. The number of aliphatic hydroxyl groups is 1. The van der Waals surface area contributed by atoms with Crippen molar-refractivity contribution in [2.45, 2.75) is 13.2 Å². The van der Waals surface area contributed by atoms with E-state index in [2.05, 4.69) is 9.97 Å². The molecule has 0 radical (unpaired) electrons. The third kappa shape index (κ3) is 2.25. The van der Waals surface area contributed by atoms with E-state index >= 15 is 0 Å². The number of aliphatic hydroxyl groups excluding tert-OH is 1. The highest BCUT2D eigenvalue weighted by atomic mass is 16.5. The smallest absolute Gasteiger partial charge is 0.153 e. The number of methoxy groups -OCH3 is 1. The molecule has 1 N–H and O–H groups in total. The molecule has 0 unspecified atom stereocenters. The van der Waals surface area contributed by atoms with Gasteiger partial charge in [-0.25, -0.2) is 9.97 Å². The van der Waals surface area contributed by atoms with Crippen molar-refractivity contribution in [1.29, 1.82) is 0 Å². The Morgan fingerprint density at radius 3 is 2.55 bits per heavy atom. The molecule has 60 valence electrons. The van der Waals surface area contributed by atoms with Crippen LogP contribution in [0.2, 0.25) is 0 Å². The zero-order valence-electron chi connectivity index (χ0n) is 6.32. The van der Waals surface area contributed by atoms with Crippen molar-refractivity contribution in [3.05, 3.63) is 23.8 Å². The third-order valence-corrected chi connectivity index (χ3v) is 1.21. The molecule has 1 aromatic heterocycles. The maximum Gasteiger partial charge on any atom is 0.153 e. The first-order chi connectivity index (χ1) is 5.36. The minimum absolute atomic E-state index is 0.118. The van der Waals surface area contributed by atoms with Gasteiger partial charge >= 0.3 is 0 Å².